The minimum absolute atomic E-state index is 0.145. The molecule has 6 aliphatic heterocycles. The second-order valence-corrected chi connectivity index (χ2v) is 14.8. The number of carbonyl (C=O) groups excluding carboxylic acids is 3. The van der Waals surface area contributed by atoms with Crippen LogP contribution in [0.1, 0.15) is 54.4 Å². The summed E-state index contributed by atoms with van der Waals surface area (Å²) in [6, 6.07) is 8.76. The van der Waals surface area contributed by atoms with Crippen LogP contribution in [-0.4, -0.2) is 109 Å². The number of rotatable bonds is 5. The summed E-state index contributed by atoms with van der Waals surface area (Å²) < 4.78 is 89.2. The van der Waals surface area contributed by atoms with E-state index < -0.39 is 64.7 Å². The molecule has 8 rings (SSSR count). The number of fused-ring (bicyclic) bond motifs is 5. The summed E-state index contributed by atoms with van der Waals surface area (Å²) in [7, 11) is 0. The van der Waals surface area contributed by atoms with Crippen LogP contribution in [0.25, 0.3) is 0 Å². The van der Waals surface area contributed by atoms with Crippen LogP contribution in [0.5, 0.6) is 0 Å². The topological polar surface area (TPSA) is 111 Å². The van der Waals surface area contributed by atoms with Crippen molar-refractivity contribution in [1.82, 2.24) is 19.6 Å². The lowest BCUT2D eigenvalue weighted by atomic mass is 9.68. The molecule has 0 aliphatic carbocycles. The van der Waals surface area contributed by atoms with E-state index in [1.165, 1.54) is 9.80 Å². The molecule has 1 unspecified atom stereocenters. The number of amides is 3. The summed E-state index contributed by atoms with van der Waals surface area (Å²) >= 11 is 0. The number of nitrogens with two attached hydrogens (primary N) is 1. The lowest BCUT2D eigenvalue weighted by Crippen LogP contribution is -2.62. The van der Waals surface area contributed by atoms with E-state index in [1.807, 2.05) is 24.3 Å². The summed E-state index contributed by atoms with van der Waals surface area (Å²) in [4.78, 5) is 47.9. The number of nitrogens with zero attached hydrogens (tertiary/aromatic N) is 4. The van der Waals surface area contributed by atoms with E-state index in [0.29, 0.717) is 55.7 Å². The molecule has 2 aromatic rings. The first kappa shape index (κ1) is 36.3. The summed E-state index contributed by atoms with van der Waals surface area (Å²) in [5.41, 5.74) is 1.18. The zero-order valence-corrected chi connectivity index (χ0v) is 28.6. The number of halogens is 6. The third-order valence-electron chi connectivity index (χ3n) is 11.8. The monoisotopic (exact) mass is 736 g/mol. The Kier molecular flexibility index (Phi) is 9.59. The highest BCUT2D eigenvalue weighted by atomic mass is 19.4. The third-order valence-corrected chi connectivity index (χ3v) is 11.8. The van der Waals surface area contributed by atoms with Gasteiger partial charge in [0.05, 0.1) is 16.8 Å². The van der Waals surface area contributed by atoms with Gasteiger partial charge in [0.25, 0.3) is 5.91 Å². The van der Waals surface area contributed by atoms with E-state index in [1.54, 1.807) is 0 Å². The van der Waals surface area contributed by atoms with E-state index >= 15 is 0 Å². The van der Waals surface area contributed by atoms with Crippen LogP contribution in [0, 0.1) is 5.92 Å². The van der Waals surface area contributed by atoms with Crippen molar-refractivity contribution in [2.24, 2.45) is 5.92 Å². The van der Waals surface area contributed by atoms with Crippen LogP contribution in [0.15, 0.2) is 36.4 Å². The molecule has 1 spiro atoms. The fourth-order valence-corrected chi connectivity index (χ4v) is 8.93. The van der Waals surface area contributed by atoms with E-state index in [9.17, 15) is 40.7 Å². The maximum Gasteiger partial charge on any atom is 0.418 e. The van der Waals surface area contributed by atoms with Crippen LogP contribution < -0.4 is 11.1 Å². The second kappa shape index (κ2) is 13.7. The summed E-state index contributed by atoms with van der Waals surface area (Å²) in [5, 5.41) is 2.88. The van der Waals surface area contributed by atoms with E-state index in [2.05, 4.69) is 15.1 Å². The van der Waals surface area contributed by atoms with Crippen molar-refractivity contribution in [1.29, 1.82) is 0 Å². The van der Waals surface area contributed by atoms with E-state index in [4.69, 9.17) is 10.5 Å². The molecule has 52 heavy (non-hydrogen) atoms. The largest absolute Gasteiger partial charge is 0.436 e. The molecule has 0 aromatic heterocycles. The Morgan fingerprint density at radius 2 is 1.50 bits per heavy atom. The lowest BCUT2D eigenvalue weighted by Gasteiger charge is -2.51. The molecule has 2 aromatic carbocycles. The second-order valence-electron chi connectivity index (χ2n) is 14.8. The van der Waals surface area contributed by atoms with Crippen molar-refractivity contribution in [3.63, 3.8) is 0 Å². The van der Waals surface area contributed by atoms with Gasteiger partial charge in [-0.25, -0.2) is 4.79 Å². The Morgan fingerprint density at radius 3 is 2.08 bits per heavy atom. The number of nitrogens with one attached hydrogen (secondary N) is 1. The normalized spacial score (nSPS) is 25.4. The molecule has 3 amide bonds. The van der Waals surface area contributed by atoms with Crippen molar-refractivity contribution in [2.75, 3.05) is 70.0 Å². The van der Waals surface area contributed by atoms with Gasteiger partial charge < -0.3 is 30.5 Å². The fraction of sp³-hybridized carbons (Fsp3) is 0.583. The standard InChI is InChI=1S/C36H42F6N6O4/c37-35(38,39)25-17-22(18-26(31(25)43)36(40,41)42)19-29(32(50)47-15-13-46(14-16-47)28-21-45-9-5-23(28)6-10-45)52-33(51)48-11-7-34(8-12-48)20-30(49)44-27-4-2-1-3-24(27)34/h1-4,17-18,23,28-29H,5-16,19-21,43H2,(H,44,49)/t28?,29-/m1/s1. The number of para-hydroxylation sites is 1. The molecule has 5 saturated heterocycles. The fourth-order valence-electron chi connectivity index (χ4n) is 8.93. The number of anilines is 2. The van der Waals surface area contributed by atoms with Gasteiger partial charge in [-0.1, -0.05) is 18.2 Å². The number of likely N-dealkylation sites (tertiary alicyclic amines) is 1. The Bertz CT molecular complexity index is 1660. The average molecular weight is 737 g/mol. The summed E-state index contributed by atoms with van der Waals surface area (Å²) in [6.07, 6.45) is -10.5. The van der Waals surface area contributed by atoms with E-state index in [-0.39, 0.29) is 38.5 Å². The number of hydrogen-bond donors (Lipinski definition) is 2. The van der Waals surface area contributed by atoms with Gasteiger partial charge in [-0.3, -0.25) is 14.5 Å². The maximum absolute atomic E-state index is 14.1. The number of alkyl halides is 6. The zero-order valence-electron chi connectivity index (χ0n) is 28.6. The van der Waals surface area contributed by atoms with Gasteiger partial charge in [0.15, 0.2) is 6.10 Å². The Morgan fingerprint density at radius 1 is 0.885 bits per heavy atom. The first-order valence-corrected chi connectivity index (χ1v) is 17.8. The lowest BCUT2D eigenvalue weighted by molar-refractivity contribution is -0.143. The van der Waals surface area contributed by atoms with Gasteiger partial charge in [0.1, 0.15) is 0 Å². The van der Waals surface area contributed by atoms with Crippen LogP contribution in [-0.2, 0) is 38.5 Å². The first-order chi connectivity index (χ1) is 24.6. The number of benzene rings is 2. The number of ether oxygens (including phenoxy) is 1. The summed E-state index contributed by atoms with van der Waals surface area (Å²) in [6.45, 7) is 5.06. The molecular weight excluding hydrogens is 694 g/mol. The predicted molar refractivity (Wildman–Crippen MR) is 178 cm³/mol. The van der Waals surface area contributed by atoms with Gasteiger partial charge in [0, 0.05) is 75.8 Å². The SMILES string of the molecule is Nc1c(C(F)(F)F)cc(C[C@@H](OC(=O)N2CCC3(CC2)CC(=O)Nc2ccccc23)C(=O)N2CCN(C3CN4CCC3CC4)CC2)cc1C(F)(F)F. The highest BCUT2D eigenvalue weighted by molar-refractivity contribution is 5.95. The number of carbonyl (C=O) groups is 3. The molecule has 2 bridgehead atoms. The molecule has 282 valence electrons. The Hall–Kier alpha value is -4.05. The minimum Gasteiger partial charge on any atom is -0.436 e. The number of hydrogen-bond acceptors (Lipinski definition) is 7. The molecule has 0 radical (unpaired) electrons. The molecule has 10 nitrogen and oxygen atoms in total. The number of piperidine rings is 4. The van der Waals surface area contributed by atoms with Gasteiger partial charge in [-0.15, -0.1) is 0 Å². The molecule has 3 N–H and O–H groups in total. The average Bonchev–Trinajstić information content (AvgIpc) is 3.11. The zero-order chi connectivity index (χ0) is 37.0. The molecule has 16 heteroatoms. The van der Waals surface area contributed by atoms with Gasteiger partial charge >= 0.3 is 18.4 Å². The number of nitrogen functional groups attached to an aromatic ring is 1. The minimum atomic E-state index is -5.21. The van der Waals surface area contributed by atoms with Crippen LogP contribution in [0.2, 0.25) is 0 Å². The molecule has 6 aliphatic rings. The smallest absolute Gasteiger partial charge is 0.418 e. The van der Waals surface area contributed by atoms with Gasteiger partial charge in [-0.2, -0.15) is 26.3 Å². The molecule has 6 heterocycles. The van der Waals surface area contributed by atoms with Crippen molar-refractivity contribution in [3.8, 4) is 0 Å². The molecular formula is C36H42F6N6O4. The Balaban J connectivity index is 1.10. The van der Waals surface area contributed by atoms with Gasteiger partial charge in [0.2, 0.25) is 5.91 Å². The molecule has 2 atom stereocenters. The van der Waals surface area contributed by atoms with Gasteiger partial charge in [-0.05, 0) is 74.0 Å². The van der Waals surface area contributed by atoms with Crippen molar-refractivity contribution < 1.29 is 45.5 Å². The van der Waals surface area contributed by atoms with Crippen molar-refractivity contribution >= 4 is 29.3 Å². The predicted octanol–water partition coefficient (Wildman–Crippen LogP) is 4.97. The Labute approximate surface area is 297 Å². The molecule has 5 fully saturated rings. The van der Waals surface area contributed by atoms with Crippen molar-refractivity contribution in [3.05, 3.63) is 58.7 Å². The highest BCUT2D eigenvalue weighted by Gasteiger charge is 2.45. The summed E-state index contributed by atoms with van der Waals surface area (Å²) in [5.74, 6) is -0.265. The quantitative estimate of drug-likeness (QED) is 0.330. The first-order valence-electron chi connectivity index (χ1n) is 17.8. The van der Waals surface area contributed by atoms with Crippen LogP contribution >= 0.6 is 0 Å². The number of piperazine rings is 1. The van der Waals surface area contributed by atoms with E-state index in [0.717, 1.165) is 38.0 Å². The maximum atomic E-state index is 14.1. The van der Waals surface area contributed by atoms with Crippen LogP contribution in [0.4, 0.5) is 42.5 Å². The highest BCUT2D eigenvalue weighted by Crippen LogP contribution is 2.45. The van der Waals surface area contributed by atoms with Crippen LogP contribution in [0.3, 0.4) is 0 Å². The van der Waals surface area contributed by atoms with Crippen molar-refractivity contribution in [2.45, 2.75) is 68.4 Å². The third kappa shape index (κ3) is 7.15. The molecule has 0 saturated carbocycles.